The Labute approximate surface area is 114 Å². The number of aryl methyl sites for hydroxylation is 2. The van der Waals surface area contributed by atoms with E-state index in [1.54, 1.807) is 0 Å². The highest BCUT2D eigenvalue weighted by Crippen LogP contribution is 2.20. The topological polar surface area (TPSA) is 50.1 Å². The van der Waals surface area contributed by atoms with E-state index < -0.39 is 0 Å². The lowest BCUT2D eigenvalue weighted by Crippen LogP contribution is -2.33. The van der Waals surface area contributed by atoms with Gasteiger partial charge in [-0.1, -0.05) is 32.4 Å². The van der Waals surface area contributed by atoms with E-state index in [4.69, 9.17) is 11.6 Å². The molecule has 0 bridgehead atoms. The molecule has 1 aromatic heterocycles. The second kappa shape index (κ2) is 7.12. The van der Waals surface area contributed by atoms with Crippen LogP contribution in [0.1, 0.15) is 38.6 Å². The number of hydrogen-bond donors (Lipinski definition) is 2. The van der Waals surface area contributed by atoms with Gasteiger partial charge in [-0.25, -0.2) is 0 Å². The van der Waals surface area contributed by atoms with Gasteiger partial charge in [0.25, 0.3) is 0 Å². The molecule has 1 atom stereocenters. The molecule has 4 nitrogen and oxygen atoms in total. The van der Waals surface area contributed by atoms with Gasteiger partial charge in [0, 0.05) is 19.6 Å². The Balaban J connectivity index is 2.64. The van der Waals surface area contributed by atoms with E-state index in [0.29, 0.717) is 12.5 Å². The van der Waals surface area contributed by atoms with E-state index >= 15 is 0 Å². The van der Waals surface area contributed by atoms with Crippen molar-refractivity contribution in [3.05, 3.63) is 16.4 Å². The van der Waals surface area contributed by atoms with Crippen molar-refractivity contribution >= 4 is 11.6 Å². The van der Waals surface area contributed by atoms with Crippen LogP contribution in [0.15, 0.2) is 0 Å². The summed E-state index contributed by atoms with van der Waals surface area (Å²) in [7, 11) is 1.90. The number of halogens is 1. The van der Waals surface area contributed by atoms with Gasteiger partial charge in [0.05, 0.1) is 23.0 Å². The standard InChI is InChI=1S/C13H24ClN3O/c1-5-11-13(14)12(17(4)16-11)7-15-10(8-18)6-9(2)3/h9-10,15,18H,5-8H2,1-4H3. The van der Waals surface area contributed by atoms with Gasteiger partial charge in [0.2, 0.25) is 0 Å². The molecule has 0 aliphatic rings. The smallest absolute Gasteiger partial charge is 0.0863 e. The second-order valence-corrected chi connectivity index (χ2v) is 5.45. The molecule has 1 unspecified atom stereocenters. The average Bonchev–Trinajstić information content (AvgIpc) is 2.59. The Bertz CT molecular complexity index is 377. The molecule has 104 valence electrons. The minimum absolute atomic E-state index is 0.112. The van der Waals surface area contributed by atoms with Gasteiger partial charge in [-0.2, -0.15) is 5.10 Å². The Morgan fingerprint density at radius 3 is 2.56 bits per heavy atom. The quantitative estimate of drug-likeness (QED) is 0.800. The molecule has 0 amide bonds. The molecule has 1 aromatic rings. The number of nitrogens with zero attached hydrogens (tertiary/aromatic N) is 2. The average molecular weight is 274 g/mol. The van der Waals surface area contributed by atoms with Crippen LogP contribution in [-0.4, -0.2) is 27.5 Å². The highest BCUT2D eigenvalue weighted by molar-refractivity contribution is 6.31. The van der Waals surface area contributed by atoms with Gasteiger partial charge in [0.15, 0.2) is 0 Å². The SMILES string of the molecule is CCc1nn(C)c(CNC(CO)CC(C)C)c1Cl. The Kier molecular flexibility index (Phi) is 6.12. The van der Waals surface area contributed by atoms with Crippen molar-refractivity contribution in [1.29, 1.82) is 0 Å². The van der Waals surface area contributed by atoms with Crippen molar-refractivity contribution < 1.29 is 5.11 Å². The molecule has 0 saturated carbocycles. The Morgan fingerprint density at radius 1 is 1.44 bits per heavy atom. The number of rotatable bonds is 7. The van der Waals surface area contributed by atoms with Gasteiger partial charge in [0.1, 0.15) is 0 Å². The summed E-state index contributed by atoms with van der Waals surface area (Å²) in [6, 6.07) is 0.112. The van der Waals surface area contributed by atoms with E-state index in [9.17, 15) is 5.11 Å². The zero-order valence-electron chi connectivity index (χ0n) is 11.7. The predicted octanol–water partition coefficient (Wildman–Crippen LogP) is 2.13. The lowest BCUT2D eigenvalue weighted by molar-refractivity contribution is 0.222. The van der Waals surface area contributed by atoms with E-state index in [-0.39, 0.29) is 12.6 Å². The van der Waals surface area contributed by atoms with E-state index in [1.807, 2.05) is 18.7 Å². The largest absolute Gasteiger partial charge is 0.395 e. The van der Waals surface area contributed by atoms with Crippen LogP contribution in [-0.2, 0) is 20.0 Å². The molecule has 5 heteroatoms. The second-order valence-electron chi connectivity index (χ2n) is 5.07. The lowest BCUT2D eigenvalue weighted by Gasteiger charge is -2.18. The molecule has 0 spiro atoms. The van der Waals surface area contributed by atoms with Crippen LogP contribution in [0.3, 0.4) is 0 Å². The first-order valence-corrected chi connectivity index (χ1v) is 6.91. The molecule has 0 aliphatic heterocycles. The number of aliphatic hydroxyl groups excluding tert-OH is 1. The van der Waals surface area contributed by atoms with E-state index in [2.05, 4.69) is 24.3 Å². The minimum Gasteiger partial charge on any atom is -0.395 e. The summed E-state index contributed by atoms with van der Waals surface area (Å²) in [5, 5.41) is 17.8. The van der Waals surface area contributed by atoms with Crippen molar-refractivity contribution in [1.82, 2.24) is 15.1 Å². The van der Waals surface area contributed by atoms with Crippen molar-refractivity contribution in [3.63, 3.8) is 0 Å². The van der Waals surface area contributed by atoms with Crippen LogP contribution in [0.4, 0.5) is 0 Å². The summed E-state index contributed by atoms with van der Waals surface area (Å²) < 4.78 is 1.82. The van der Waals surface area contributed by atoms with E-state index in [0.717, 1.165) is 29.3 Å². The maximum Gasteiger partial charge on any atom is 0.0863 e. The fourth-order valence-corrected chi connectivity index (χ4v) is 2.40. The summed E-state index contributed by atoms with van der Waals surface area (Å²) in [5.74, 6) is 0.558. The minimum atomic E-state index is 0.112. The number of aromatic nitrogens is 2. The fourth-order valence-electron chi connectivity index (χ4n) is 2.04. The summed E-state index contributed by atoms with van der Waals surface area (Å²) in [4.78, 5) is 0. The first-order chi connectivity index (χ1) is 8.49. The fraction of sp³-hybridized carbons (Fsp3) is 0.769. The highest BCUT2D eigenvalue weighted by atomic mass is 35.5. The van der Waals surface area contributed by atoms with Crippen LogP contribution in [0.2, 0.25) is 5.02 Å². The maximum atomic E-state index is 9.32. The molecular weight excluding hydrogens is 250 g/mol. The van der Waals surface area contributed by atoms with Crippen LogP contribution < -0.4 is 5.32 Å². The summed E-state index contributed by atoms with van der Waals surface area (Å²) >= 11 is 6.28. The Morgan fingerprint density at radius 2 is 2.11 bits per heavy atom. The maximum absolute atomic E-state index is 9.32. The van der Waals surface area contributed by atoms with Gasteiger partial charge in [-0.05, 0) is 18.8 Å². The van der Waals surface area contributed by atoms with Gasteiger partial charge >= 0.3 is 0 Å². The molecule has 0 radical (unpaired) electrons. The van der Waals surface area contributed by atoms with Crippen LogP contribution in [0.25, 0.3) is 0 Å². The third kappa shape index (κ3) is 3.97. The molecule has 1 heterocycles. The third-order valence-electron chi connectivity index (χ3n) is 3.04. The summed E-state index contributed by atoms with van der Waals surface area (Å²) in [5.41, 5.74) is 1.91. The molecule has 0 saturated heterocycles. The molecule has 2 N–H and O–H groups in total. The number of nitrogens with one attached hydrogen (secondary N) is 1. The van der Waals surface area contributed by atoms with Crippen molar-refractivity contribution in [2.75, 3.05) is 6.61 Å². The Hall–Kier alpha value is -0.580. The first kappa shape index (κ1) is 15.5. The molecule has 18 heavy (non-hydrogen) atoms. The molecule has 0 fully saturated rings. The normalized spacial score (nSPS) is 13.3. The number of hydrogen-bond acceptors (Lipinski definition) is 3. The van der Waals surface area contributed by atoms with Gasteiger partial charge < -0.3 is 10.4 Å². The van der Waals surface area contributed by atoms with Crippen molar-refractivity contribution in [3.8, 4) is 0 Å². The molecular formula is C13H24ClN3O. The van der Waals surface area contributed by atoms with Crippen LogP contribution in [0, 0.1) is 5.92 Å². The first-order valence-electron chi connectivity index (χ1n) is 6.54. The lowest BCUT2D eigenvalue weighted by atomic mass is 10.0. The van der Waals surface area contributed by atoms with E-state index in [1.165, 1.54) is 0 Å². The van der Waals surface area contributed by atoms with Gasteiger partial charge in [-0.15, -0.1) is 0 Å². The van der Waals surface area contributed by atoms with Crippen molar-refractivity contribution in [2.45, 2.75) is 46.2 Å². The van der Waals surface area contributed by atoms with Crippen molar-refractivity contribution in [2.24, 2.45) is 13.0 Å². The third-order valence-corrected chi connectivity index (χ3v) is 3.47. The molecule has 0 aromatic carbocycles. The van der Waals surface area contributed by atoms with Crippen LogP contribution >= 0.6 is 11.6 Å². The monoisotopic (exact) mass is 273 g/mol. The predicted molar refractivity (Wildman–Crippen MR) is 74.8 cm³/mol. The molecule has 1 rings (SSSR count). The number of aliphatic hydroxyl groups is 1. The molecule has 0 aliphatic carbocycles. The van der Waals surface area contributed by atoms with Gasteiger partial charge in [-0.3, -0.25) is 4.68 Å². The zero-order valence-corrected chi connectivity index (χ0v) is 12.5. The summed E-state index contributed by atoms with van der Waals surface area (Å²) in [6.45, 7) is 7.13. The summed E-state index contributed by atoms with van der Waals surface area (Å²) in [6.07, 6.45) is 1.79. The zero-order chi connectivity index (χ0) is 13.7. The van der Waals surface area contributed by atoms with Crippen LogP contribution in [0.5, 0.6) is 0 Å². The highest BCUT2D eigenvalue weighted by Gasteiger charge is 2.15.